The highest BCUT2D eigenvalue weighted by atomic mass is 16.5. The van der Waals surface area contributed by atoms with Crippen LogP contribution in [0, 0.1) is 24.7 Å². The highest BCUT2D eigenvalue weighted by molar-refractivity contribution is 5.02. The number of aryl methyl sites for hydroxylation is 1. The fourth-order valence-electron chi connectivity index (χ4n) is 4.36. The summed E-state index contributed by atoms with van der Waals surface area (Å²) in [6.07, 6.45) is 2.83. The molecule has 5 heteroatoms. The third-order valence-corrected chi connectivity index (χ3v) is 4.86. The summed E-state index contributed by atoms with van der Waals surface area (Å²) >= 11 is 0. The Bertz CT molecular complexity index is 416. The molecule has 2 unspecified atom stereocenters. The molecule has 0 spiro atoms. The van der Waals surface area contributed by atoms with Gasteiger partial charge in [0.05, 0.1) is 6.54 Å². The largest absolute Gasteiger partial charge is 0.340 e. The van der Waals surface area contributed by atoms with Crippen LogP contribution in [0.2, 0.25) is 0 Å². The molecule has 4 aliphatic rings. The van der Waals surface area contributed by atoms with Crippen LogP contribution in [0.4, 0.5) is 0 Å². The van der Waals surface area contributed by atoms with Crippen LogP contribution in [0.1, 0.15) is 24.6 Å². The Morgan fingerprint density at radius 3 is 2.67 bits per heavy atom. The van der Waals surface area contributed by atoms with Crippen molar-refractivity contribution in [3.63, 3.8) is 0 Å². The summed E-state index contributed by atoms with van der Waals surface area (Å²) in [5.74, 6) is 4.09. The van der Waals surface area contributed by atoms with Gasteiger partial charge in [0.1, 0.15) is 0 Å². The zero-order chi connectivity index (χ0) is 12.1. The van der Waals surface area contributed by atoms with Gasteiger partial charge in [-0.05, 0) is 30.6 Å². The van der Waals surface area contributed by atoms with E-state index in [9.17, 15) is 0 Å². The zero-order valence-corrected chi connectivity index (χ0v) is 10.8. The first-order chi connectivity index (χ1) is 8.78. The lowest BCUT2D eigenvalue weighted by Gasteiger charge is -2.56. The molecule has 4 heterocycles. The number of nitrogens with one attached hydrogen (secondary N) is 1. The molecular weight excluding hydrogens is 228 g/mol. The van der Waals surface area contributed by atoms with Crippen molar-refractivity contribution in [2.45, 2.75) is 32.4 Å². The Balaban J connectivity index is 1.43. The molecule has 1 saturated carbocycles. The molecule has 1 aromatic rings. The first-order valence-electron chi connectivity index (χ1n) is 7.03. The second-order valence-corrected chi connectivity index (χ2v) is 6.21. The van der Waals surface area contributed by atoms with E-state index in [1.54, 1.807) is 0 Å². The van der Waals surface area contributed by atoms with E-state index in [-0.39, 0.29) is 0 Å². The van der Waals surface area contributed by atoms with Crippen LogP contribution in [0.15, 0.2) is 4.52 Å². The predicted molar refractivity (Wildman–Crippen MR) is 65.8 cm³/mol. The van der Waals surface area contributed by atoms with Gasteiger partial charge in [-0.2, -0.15) is 4.98 Å². The van der Waals surface area contributed by atoms with Crippen LogP contribution in [0.3, 0.4) is 0 Å². The van der Waals surface area contributed by atoms with E-state index in [4.69, 9.17) is 4.52 Å². The second kappa shape index (κ2) is 4.03. The van der Waals surface area contributed by atoms with Gasteiger partial charge in [-0.15, -0.1) is 0 Å². The minimum Gasteiger partial charge on any atom is -0.340 e. The average Bonchev–Trinajstić information content (AvgIpc) is 2.73. The standard InChI is InChI=1S/C13H20N4O/c1-8-15-12(16-18-8)4-14-13-10-2-9-3-11(13)7-17(5-9)6-10/h9-11,13-14H,2-7H2,1H3. The summed E-state index contributed by atoms with van der Waals surface area (Å²) < 4.78 is 5.01. The van der Waals surface area contributed by atoms with Gasteiger partial charge in [-0.1, -0.05) is 5.16 Å². The van der Waals surface area contributed by atoms with Crippen molar-refractivity contribution in [1.29, 1.82) is 0 Å². The van der Waals surface area contributed by atoms with E-state index in [0.717, 1.165) is 30.1 Å². The number of aromatic nitrogens is 2. The Labute approximate surface area is 107 Å². The summed E-state index contributed by atoms with van der Waals surface area (Å²) in [5, 5.41) is 7.64. The normalized spacial score (nSPS) is 41.5. The lowest BCUT2D eigenvalue weighted by atomic mass is 9.65. The fraction of sp³-hybridized carbons (Fsp3) is 0.846. The van der Waals surface area contributed by atoms with Crippen molar-refractivity contribution in [2.24, 2.45) is 17.8 Å². The van der Waals surface area contributed by atoms with E-state index in [1.807, 2.05) is 6.92 Å². The van der Waals surface area contributed by atoms with Gasteiger partial charge in [0, 0.05) is 32.6 Å². The molecule has 1 aliphatic carbocycles. The maximum absolute atomic E-state index is 5.01. The molecule has 4 bridgehead atoms. The van der Waals surface area contributed by atoms with Crippen molar-refractivity contribution < 1.29 is 4.52 Å². The Morgan fingerprint density at radius 2 is 2.06 bits per heavy atom. The smallest absolute Gasteiger partial charge is 0.223 e. The minimum atomic E-state index is 0.656. The maximum atomic E-state index is 5.01. The number of rotatable bonds is 3. The Hall–Kier alpha value is -0.940. The molecule has 3 aliphatic heterocycles. The number of nitrogens with zero attached hydrogens (tertiary/aromatic N) is 3. The van der Waals surface area contributed by atoms with Gasteiger partial charge in [-0.3, -0.25) is 0 Å². The van der Waals surface area contributed by atoms with Crippen LogP contribution < -0.4 is 5.32 Å². The van der Waals surface area contributed by atoms with Crippen LogP contribution in [-0.2, 0) is 6.54 Å². The molecule has 5 nitrogen and oxygen atoms in total. The van der Waals surface area contributed by atoms with Gasteiger partial charge >= 0.3 is 0 Å². The summed E-state index contributed by atoms with van der Waals surface area (Å²) in [6, 6.07) is 0.664. The average molecular weight is 248 g/mol. The molecule has 0 amide bonds. The predicted octanol–water partition coefficient (Wildman–Crippen LogP) is 0.808. The van der Waals surface area contributed by atoms with Crippen molar-refractivity contribution in [1.82, 2.24) is 20.4 Å². The summed E-state index contributed by atoms with van der Waals surface area (Å²) in [7, 11) is 0. The highest BCUT2D eigenvalue weighted by Gasteiger charge is 2.47. The minimum absolute atomic E-state index is 0.656. The zero-order valence-electron chi connectivity index (χ0n) is 10.8. The van der Waals surface area contributed by atoms with Crippen LogP contribution in [0.5, 0.6) is 0 Å². The van der Waals surface area contributed by atoms with Crippen LogP contribution in [0.25, 0.3) is 0 Å². The Morgan fingerprint density at radius 1 is 1.28 bits per heavy atom. The van der Waals surface area contributed by atoms with Crippen molar-refractivity contribution in [3.05, 3.63) is 11.7 Å². The van der Waals surface area contributed by atoms with Crippen molar-refractivity contribution in [2.75, 3.05) is 19.6 Å². The molecule has 4 fully saturated rings. The molecule has 18 heavy (non-hydrogen) atoms. The van der Waals surface area contributed by atoms with Gasteiger partial charge < -0.3 is 14.7 Å². The first kappa shape index (κ1) is 10.9. The monoisotopic (exact) mass is 248 g/mol. The highest BCUT2D eigenvalue weighted by Crippen LogP contribution is 2.43. The van der Waals surface area contributed by atoms with Crippen molar-refractivity contribution in [3.8, 4) is 0 Å². The Kier molecular flexibility index (Phi) is 2.45. The van der Waals surface area contributed by atoms with Gasteiger partial charge in [-0.25, -0.2) is 0 Å². The van der Waals surface area contributed by atoms with Crippen LogP contribution in [-0.4, -0.2) is 40.7 Å². The molecule has 0 radical (unpaired) electrons. The maximum Gasteiger partial charge on any atom is 0.223 e. The molecule has 2 atom stereocenters. The van der Waals surface area contributed by atoms with Crippen LogP contribution >= 0.6 is 0 Å². The van der Waals surface area contributed by atoms with Gasteiger partial charge in [0.2, 0.25) is 5.89 Å². The summed E-state index contributed by atoms with van der Waals surface area (Å²) in [4.78, 5) is 6.92. The molecule has 1 N–H and O–H groups in total. The first-order valence-corrected chi connectivity index (χ1v) is 7.03. The van der Waals surface area contributed by atoms with Gasteiger partial charge in [0.25, 0.3) is 0 Å². The lowest BCUT2D eigenvalue weighted by Crippen LogP contribution is -2.63. The molecule has 1 aromatic heterocycles. The van der Waals surface area contributed by atoms with E-state index in [1.165, 1.54) is 32.5 Å². The SMILES string of the molecule is Cc1nc(CNC2C3CC4CC2CN(C4)C3)no1. The van der Waals surface area contributed by atoms with E-state index in [2.05, 4.69) is 20.4 Å². The molecule has 5 rings (SSSR count). The summed E-state index contributed by atoms with van der Waals surface area (Å²) in [6.45, 7) is 6.52. The van der Waals surface area contributed by atoms with E-state index in [0.29, 0.717) is 11.9 Å². The quantitative estimate of drug-likeness (QED) is 0.858. The van der Waals surface area contributed by atoms with Gasteiger partial charge in [0.15, 0.2) is 5.82 Å². The van der Waals surface area contributed by atoms with E-state index < -0.39 is 0 Å². The lowest BCUT2D eigenvalue weighted by molar-refractivity contribution is -0.0448. The number of hydrogen-bond acceptors (Lipinski definition) is 5. The second-order valence-electron chi connectivity index (χ2n) is 6.21. The molecule has 98 valence electrons. The number of piperidine rings is 3. The topological polar surface area (TPSA) is 54.2 Å². The molecule has 0 aromatic carbocycles. The summed E-state index contributed by atoms with van der Waals surface area (Å²) in [5.41, 5.74) is 0. The third kappa shape index (κ3) is 1.77. The number of hydrogen-bond donors (Lipinski definition) is 1. The fourth-order valence-corrected chi connectivity index (χ4v) is 4.36. The third-order valence-electron chi connectivity index (χ3n) is 4.86. The van der Waals surface area contributed by atoms with Crippen molar-refractivity contribution >= 4 is 0 Å². The van der Waals surface area contributed by atoms with E-state index >= 15 is 0 Å². The molecule has 3 saturated heterocycles. The molecular formula is C13H20N4O.